The molecule has 1 heterocycles. The summed E-state index contributed by atoms with van der Waals surface area (Å²) in [5, 5.41) is 7.02. The Kier molecular flexibility index (Phi) is 7.24. The van der Waals surface area contributed by atoms with Crippen molar-refractivity contribution in [3.05, 3.63) is 84.2 Å². The molecule has 3 rings (SSSR count). The van der Waals surface area contributed by atoms with E-state index in [0.29, 0.717) is 12.2 Å². The smallest absolute Gasteiger partial charge is 0.331 e. The van der Waals surface area contributed by atoms with Crippen LogP contribution >= 0.6 is 11.8 Å². The number of amides is 1. The second-order valence-electron chi connectivity index (χ2n) is 6.15. The molecule has 2 aromatic carbocycles. The first-order chi connectivity index (χ1) is 14.1. The van der Waals surface area contributed by atoms with E-state index in [2.05, 4.69) is 10.4 Å². The molecule has 0 aliphatic carbocycles. The summed E-state index contributed by atoms with van der Waals surface area (Å²) in [6.45, 7) is 0.302. The number of esters is 1. The van der Waals surface area contributed by atoms with Crippen molar-refractivity contribution in [3.63, 3.8) is 0 Å². The maximum atomic E-state index is 12.0. The number of nitrogens with zero attached hydrogens (tertiary/aromatic N) is 2. The number of thioether (sulfide) groups is 1. The number of hydrogen-bond acceptors (Lipinski definition) is 5. The van der Waals surface area contributed by atoms with Crippen LogP contribution in [0, 0.1) is 0 Å². The number of rotatable bonds is 8. The standard InChI is InChI=1S/C22H21N3O3S/c1-29-20-10-6-5-9-19(20)24-21(26)16-28-22(27)12-11-18-13-23-25(15-18)14-17-7-3-2-4-8-17/h2-13,15H,14,16H2,1H3,(H,24,26)/b12-11+. The third kappa shape index (κ3) is 6.36. The van der Waals surface area contributed by atoms with E-state index in [1.165, 1.54) is 17.8 Å². The van der Waals surface area contributed by atoms with Gasteiger partial charge in [-0.15, -0.1) is 11.8 Å². The molecule has 0 saturated carbocycles. The number of carbonyl (C=O) groups is 2. The van der Waals surface area contributed by atoms with Gasteiger partial charge in [-0.05, 0) is 30.0 Å². The highest BCUT2D eigenvalue weighted by Crippen LogP contribution is 2.24. The summed E-state index contributed by atoms with van der Waals surface area (Å²) in [6, 6.07) is 17.4. The second kappa shape index (κ2) is 10.3. The second-order valence-corrected chi connectivity index (χ2v) is 6.99. The molecule has 0 fully saturated rings. The van der Waals surface area contributed by atoms with Crippen LogP contribution < -0.4 is 5.32 Å². The largest absolute Gasteiger partial charge is 0.452 e. The van der Waals surface area contributed by atoms with Crippen LogP contribution in [-0.2, 0) is 20.9 Å². The third-order valence-corrected chi connectivity index (χ3v) is 4.77. The summed E-state index contributed by atoms with van der Waals surface area (Å²) in [6.07, 6.45) is 8.32. The quantitative estimate of drug-likeness (QED) is 0.349. The monoisotopic (exact) mass is 407 g/mol. The summed E-state index contributed by atoms with van der Waals surface area (Å²) in [4.78, 5) is 24.8. The number of aromatic nitrogens is 2. The van der Waals surface area contributed by atoms with Crippen molar-refractivity contribution in [3.8, 4) is 0 Å². The van der Waals surface area contributed by atoms with Crippen LogP contribution in [0.25, 0.3) is 6.08 Å². The topological polar surface area (TPSA) is 73.2 Å². The minimum atomic E-state index is -0.589. The van der Waals surface area contributed by atoms with Crippen molar-refractivity contribution in [2.75, 3.05) is 18.2 Å². The van der Waals surface area contributed by atoms with E-state index in [9.17, 15) is 9.59 Å². The maximum Gasteiger partial charge on any atom is 0.331 e. The van der Waals surface area contributed by atoms with E-state index < -0.39 is 5.97 Å². The Hall–Kier alpha value is -3.32. The summed E-state index contributed by atoms with van der Waals surface area (Å²) < 4.78 is 6.79. The first-order valence-corrected chi connectivity index (χ1v) is 10.2. The summed E-state index contributed by atoms with van der Waals surface area (Å²) in [7, 11) is 0. The SMILES string of the molecule is CSc1ccccc1NC(=O)COC(=O)/C=C/c1cnn(Cc2ccccc2)c1. The average Bonchev–Trinajstić information content (AvgIpc) is 3.19. The van der Waals surface area contributed by atoms with Gasteiger partial charge < -0.3 is 10.1 Å². The van der Waals surface area contributed by atoms with Crippen LogP contribution in [0.1, 0.15) is 11.1 Å². The van der Waals surface area contributed by atoms with Gasteiger partial charge in [-0.1, -0.05) is 42.5 Å². The molecular weight excluding hydrogens is 386 g/mol. The molecule has 6 nitrogen and oxygen atoms in total. The molecular formula is C22H21N3O3S. The summed E-state index contributed by atoms with van der Waals surface area (Å²) in [5.41, 5.74) is 2.61. The number of hydrogen-bond donors (Lipinski definition) is 1. The predicted molar refractivity (Wildman–Crippen MR) is 115 cm³/mol. The fourth-order valence-corrected chi connectivity index (χ4v) is 3.16. The van der Waals surface area contributed by atoms with Crippen molar-refractivity contribution < 1.29 is 14.3 Å². The lowest BCUT2D eigenvalue weighted by molar-refractivity contribution is -0.142. The predicted octanol–water partition coefficient (Wildman–Crippen LogP) is 3.85. The molecule has 3 aromatic rings. The van der Waals surface area contributed by atoms with E-state index >= 15 is 0 Å². The summed E-state index contributed by atoms with van der Waals surface area (Å²) in [5.74, 6) is -0.974. The van der Waals surface area contributed by atoms with E-state index in [0.717, 1.165) is 16.0 Å². The number of ether oxygens (including phenoxy) is 1. The Labute approximate surface area is 173 Å². The fraction of sp³-hybridized carbons (Fsp3) is 0.136. The highest BCUT2D eigenvalue weighted by atomic mass is 32.2. The average molecular weight is 407 g/mol. The van der Waals surface area contributed by atoms with E-state index in [4.69, 9.17) is 4.74 Å². The molecule has 1 N–H and O–H groups in total. The van der Waals surface area contributed by atoms with Gasteiger partial charge in [0.05, 0.1) is 18.4 Å². The lowest BCUT2D eigenvalue weighted by Gasteiger charge is -2.08. The zero-order valence-corrected chi connectivity index (χ0v) is 16.8. The molecule has 0 atom stereocenters. The van der Waals surface area contributed by atoms with Crippen molar-refractivity contribution in [2.24, 2.45) is 0 Å². The number of nitrogens with one attached hydrogen (secondary N) is 1. The van der Waals surface area contributed by atoms with E-state index in [-0.39, 0.29) is 12.5 Å². The number of anilines is 1. The Morgan fingerprint density at radius 1 is 1.14 bits per heavy atom. The van der Waals surface area contributed by atoms with Gasteiger partial charge in [0.1, 0.15) is 0 Å². The van der Waals surface area contributed by atoms with Crippen molar-refractivity contribution in [2.45, 2.75) is 11.4 Å². The molecule has 7 heteroatoms. The van der Waals surface area contributed by atoms with Gasteiger partial charge in [-0.3, -0.25) is 9.48 Å². The maximum absolute atomic E-state index is 12.0. The normalized spacial score (nSPS) is 10.8. The van der Waals surface area contributed by atoms with Crippen LogP contribution in [0.4, 0.5) is 5.69 Å². The lowest BCUT2D eigenvalue weighted by atomic mass is 10.2. The lowest BCUT2D eigenvalue weighted by Crippen LogP contribution is -2.20. The molecule has 0 aliphatic heterocycles. The molecule has 148 valence electrons. The highest BCUT2D eigenvalue weighted by Gasteiger charge is 2.08. The molecule has 0 aliphatic rings. The van der Waals surface area contributed by atoms with Crippen LogP contribution in [-0.4, -0.2) is 34.5 Å². The van der Waals surface area contributed by atoms with Crippen LogP contribution in [0.2, 0.25) is 0 Å². The van der Waals surface area contributed by atoms with Crippen LogP contribution in [0.5, 0.6) is 0 Å². The zero-order valence-electron chi connectivity index (χ0n) is 15.9. The van der Waals surface area contributed by atoms with Crippen LogP contribution in [0.15, 0.2) is 78.0 Å². The van der Waals surface area contributed by atoms with Gasteiger partial charge in [0.15, 0.2) is 6.61 Å². The third-order valence-electron chi connectivity index (χ3n) is 3.98. The van der Waals surface area contributed by atoms with Gasteiger partial charge in [-0.2, -0.15) is 5.10 Å². The first kappa shape index (κ1) is 20.4. The molecule has 0 unspecified atom stereocenters. The summed E-state index contributed by atoms with van der Waals surface area (Å²) >= 11 is 1.53. The van der Waals surface area contributed by atoms with Gasteiger partial charge in [0.2, 0.25) is 0 Å². The highest BCUT2D eigenvalue weighted by molar-refractivity contribution is 7.98. The Balaban J connectivity index is 1.47. The Morgan fingerprint density at radius 2 is 1.90 bits per heavy atom. The van der Waals surface area contributed by atoms with Gasteiger partial charge in [0, 0.05) is 22.7 Å². The fourth-order valence-electron chi connectivity index (χ4n) is 2.61. The molecule has 0 radical (unpaired) electrons. The molecule has 29 heavy (non-hydrogen) atoms. The van der Waals surface area contributed by atoms with Gasteiger partial charge in [-0.25, -0.2) is 4.79 Å². The molecule has 1 amide bonds. The molecule has 0 saturated heterocycles. The Bertz CT molecular complexity index is 999. The van der Waals surface area contributed by atoms with E-state index in [1.54, 1.807) is 23.0 Å². The first-order valence-electron chi connectivity index (χ1n) is 8.98. The number of para-hydroxylation sites is 1. The number of carbonyl (C=O) groups excluding carboxylic acids is 2. The molecule has 0 bridgehead atoms. The van der Waals surface area contributed by atoms with E-state index in [1.807, 2.05) is 61.0 Å². The van der Waals surface area contributed by atoms with Crippen molar-refractivity contribution in [1.82, 2.24) is 9.78 Å². The van der Waals surface area contributed by atoms with Gasteiger partial charge in [0.25, 0.3) is 5.91 Å². The molecule has 0 spiro atoms. The van der Waals surface area contributed by atoms with Crippen molar-refractivity contribution >= 4 is 35.4 Å². The molecule has 1 aromatic heterocycles. The number of benzene rings is 2. The zero-order chi connectivity index (χ0) is 20.5. The van der Waals surface area contributed by atoms with Crippen molar-refractivity contribution in [1.29, 1.82) is 0 Å². The Morgan fingerprint density at radius 3 is 2.69 bits per heavy atom. The minimum Gasteiger partial charge on any atom is -0.452 e. The minimum absolute atomic E-state index is 0.348. The van der Waals surface area contributed by atoms with Gasteiger partial charge >= 0.3 is 5.97 Å². The van der Waals surface area contributed by atoms with Crippen LogP contribution in [0.3, 0.4) is 0 Å².